The number of hydrogen-bond donors (Lipinski definition) is 1. The Balaban J connectivity index is 2.26. The van der Waals surface area contributed by atoms with E-state index in [1.54, 1.807) is 18.3 Å². The monoisotopic (exact) mass is 275 g/mol. The maximum absolute atomic E-state index is 5.59. The lowest BCUT2D eigenvalue weighted by Crippen LogP contribution is -2.12. The zero-order chi connectivity index (χ0) is 13.7. The summed E-state index contributed by atoms with van der Waals surface area (Å²) in [5.41, 5.74) is 5.98. The summed E-state index contributed by atoms with van der Waals surface area (Å²) in [6.07, 6.45) is 1.54. The average Bonchev–Trinajstić information content (AvgIpc) is 2.41. The van der Waals surface area contributed by atoms with Crippen molar-refractivity contribution in [3.8, 4) is 17.5 Å². The van der Waals surface area contributed by atoms with E-state index in [1.165, 1.54) is 0 Å². The third-order valence-corrected chi connectivity index (χ3v) is 2.45. The van der Waals surface area contributed by atoms with Gasteiger partial charge in [-0.1, -0.05) is 24.4 Å². The lowest BCUT2D eigenvalue weighted by atomic mass is 10.3. The first-order valence-corrected chi connectivity index (χ1v) is 6.14. The molecule has 0 atom stereocenters. The van der Waals surface area contributed by atoms with Gasteiger partial charge in [-0.05, 0) is 25.1 Å². The van der Waals surface area contributed by atoms with Gasteiger partial charge < -0.3 is 15.2 Å². The van der Waals surface area contributed by atoms with Gasteiger partial charge in [0.05, 0.1) is 6.61 Å². The SMILES string of the molecule is CCOc1ccccc1Oc1nccc(C(N)=S)n1. The molecule has 19 heavy (non-hydrogen) atoms. The van der Waals surface area contributed by atoms with Crippen LogP contribution < -0.4 is 15.2 Å². The Labute approximate surface area is 116 Å². The van der Waals surface area contributed by atoms with Crippen molar-refractivity contribution >= 4 is 17.2 Å². The Morgan fingerprint density at radius 2 is 2.00 bits per heavy atom. The topological polar surface area (TPSA) is 70.3 Å². The van der Waals surface area contributed by atoms with Crippen molar-refractivity contribution in [2.75, 3.05) is 6.61 Å². The number of aromatic nitrogens is 2. The molecule has 1 aromatic heterocycles. The molecule has 0 saturated carbocycles. The van der Waals surface area contributed by atoms with Crippen LogP contribution in [0, 0.1) is 0 Å². The lowest BCUT2D eigenvalue weighted by molar-refractivity contribution is 0.317. The molecule has 5 nitrogen and oxygen atoms in total. The third kappa shape index (κ3) is 3.38. The van der Waals surface area contributed by atoms with Gasteiger partial charge in [-0.2, -0.15) is 4.98 Å². The molecule has 0 unspecified atom stereocenters. The van der Waals surface area contributed by atoms with Gasteiger partial charge in [-0.15, -0.1) is 0 Å². The molecule has 0 aliphatic rings. The molecule has 6 heteroatoms. The summed E-state index contributed by atoms with van der Waals surface area (Å²) in [6.45, 7) is 2.45. The fourth-order valence-corrected chi connectivity index (χ4v) is 1.55. The highest BCUT2D eigenvalue weighted by Crippen LogP contribution is 2.29. The van der Waals surface area contributed by atoms with E-state index in [0.717, 1.165) is 0 Å². The molecule has 0 saturated heterocycles. The number of hydrogen-bond acceptors (Lipinski definition) is 5. The normalized spacial score (nSPS) is 9.95. The molecule has 0 fully saturated rings. The van der Waals surface area contributed by atoms with Gasteiger partial charge in [0.25, 0.3) is 0 Å². The summed E-state index contributed by atoms with van der Waals surface area (Å²) < 4.78 is 11.0. The zero-order valence-electron chi connectivity index (χ0n) is 10.4. The largest absolute Gasteiger partial charge is 0.490 e. The van der Waals surface area contributed by atoms with Crippen LogP contribution in [0.3, 0.4) is 0 Å². The van der Waals surface area contributed by atoms with Gasteiger partial charge in [-0.25, -0.2) is 4.98 Å². The fourth-order valence-electron chi connectivity index (χ4n) is 1.43. The van der Waals surface area contributed by atoms with Crippen LogP contribution in [0.2, 0.25) is 0 Å². The minimum absolute atomic E-state index is 0.178. The molecule has 0 bridgehead atoms. The Kier molecular flexibility index (Phi) is 4.25. The van der Waals surface area contributed by atoms with E-state index in [0.29, 0.717) is 23.8 Å². The Morgan fingerprint density at radius 3 is 2.68 bits per heavy atom. The highest BCUT2D eigenvalue weighted by Gasteiger charge is 2.08. The molecule has 0 amide bonds. The molecular weight excluding hydrogens is 262 g/mol. The summed E-state index contributed by atoms with van der Waals surface area (Å²) in [5, 5.41) is 0. The summed E-state index contributed by atoms with van der Waals surface area (Å²) in [7, 11) is 0. The van der Waals surface area contributed by atoms with Crippen LogP contribution in [-0.2, 0) is 0 Å². The summed E-state index contributed by atoms with van der Waals surface area (Å²) >= 11 is 4.86. The molecule has 1 heterocycles. The van der Waals surface area contributed by atoms with Gasteiger partial charge >= 0.3 is 6.01 Å². The maximum atomic E-state index is 5.59. The summed E-state index contributed by atoms with van der Waals surface area (Å²) in [4.78, 5) is 8.33. The van der Waals surface area contributed by atoms with E-state index in [9.17, 15) is 0 Å². The number of thiocarbonyl (C=S) groups is 1. The second-order valence-corrected chi connectivity index (χ2v) is 4.01. The number of rotatable bonds is 5. The number of para-hydroxylation sites is 2. The predicted octanol–water partition coefficient (Wildman–Crippen LogP) is 2.30. The third-order valence-electron chi connectivity index (χ3n) is 2.24. The van der Waals surface area contributed by atoms with Crippen LogP contribution in [0.15, 0.2) is 36.5 Å². The molecular formula is C13H13N3O2S. The number of nitrogens with zero attached hydrogens (tertiary/aromatic N) is 2. The first kappa shape index (κ1) is 13.2. The highest BCUT2D eigenvalue weighted by atomic mass is 32.1. The molecule has 98 valence electrons. The predicted molar refractivity (Wildman–Crippen MR) is 75.6 cm³/mol. The van der Waals surface area contributed by atoms with Crippen molar-refractivity contribution < 1.29 is 9.47 Å². The second-order valence-electron chi connectivity index (χ2n) is 3.57. The number of nitrogens with two attached hydrogens (primary N) is 1. The lowest BCUT2D eigenvalue weighted by Gasteiger charge is -2.10. The van der Waals surface area contributed by atoms with Crippen molar-refractivity contribution in [2.45, 2.75) is 6.92 Å². The van der Waals surface area contributed by atoms with E-state index in [2.05, 4.69) is 9.97 Å². The summed E-state index contributed by atoms with van der Waals surface area (Å²) in [6, 6.07) is 9.11. The Hall–Kier alpha value is -2.21. The van der Waals surface area contributed by atoms with Gasteiger partial charge in [0.1, 0.15) is 10.7 Å². The molecule has 0 aliphatic carbocycles. The van der Waals surface area contributed by atoms with Crippen LogP contribution in [0.1, 0.15) is 12.6 Å². The highest BCUT2D eigenvalue weighted by molar-refractivity contribution is 7.80. The maximum Gasteiger partial charge on any atom is 0.322 e. The zero-order valence-corrected chi connectivity index (χ0v) is 11.2. The van der Waals surface area contributed by atoms with E-state index in [4.69, 9.17) is 27.4 Å². The van der Waals surface area contributed by atoms with Crippen LogP contribution in [0.4, 0.5) is 0 Å². The van der Waals surface area contributed by atoms with E-state index in [-0.39, 0.29) is 11.0 Å². The van der Waals surface area contributed by atoms with Gasteiger partial charge in [-0.3, -0.25) is 0 Å². The molecule has 0 radical (unpaired) electrons. The smallest absolute Gasteiger partial charge is 0.322 e. The quantitative estimate of drug-likeness (QED) is 0.844. The van der Waals surface area contributed by atoms with Crippen molar-refractivity contribution in [3.05, 3.63) is 42.2 Å². The molecule has 2 N–H and O–H groups in total. The van der Waals surface area contributed by atoms with Crippen LogP contribution >= 0.6 is 12.2 Å². The van der Waals surface area contributed by atoms with Crippen LogP contribution in [-0.4, -0.2) is 21.6 Å². The molecule has 0 spiro atoms. The fraction of sp³-hybridized carbons (Fsp3) is 0.154. The van der Waals surface area contributed by atoms with Gasteiger partial charge in [0.2, 0.25) is 0 Å². The van der Waals surface area contributed by atoms with Crippen molar-refractivity contribution in [1.29, 1.82) is 0 Å². The Bertz CT molecular complexity index is 590. The van der Waals surface area contributed by atoms with E-state index < -0.39 is 0 Å². The van der Waals surface area contributed by atoms with Crippen LogP contribution in [0.25, 0.3) is 0 Å². The minimum atomic E-state index is 0.178. The minimum Gasteiger partial charge on any atom is -0.490 e. The standard InChI is InChI=1S/C13H13N3O2S/c1-2-17-10-5-3-4-6-11(10)18-13-15-8-7-9(16-13)12(14)19/h3-8H,2H2,1H3,(H2,14,19). The average molecular weight is 275 g/mol. The second kappa shape index (κ2) is 6.10. The number of benzene rings is 1. The van der Waals surface area contributed by atoms with Crippen molar-refractivity contribution in [2.24, 2.45) is 5.73 Å². The summed E-state index contributed by atoms with van der Waals surface area (Å²) in [5.74, 6) is 1.18. The molecule has 0 aliphatic heterocycles. The van der Waals surface area contributed by atoms with Gasteiger partial charge in [0.15, 0.2) is 11.5 Å². The van der Waals surface area contributed by atoms with Crippen LogP contribution in [0.5, 0.6) is 17.5 Å². The molecule has 2 aromatic rings. The molecule has 1 aromatic carbocycles. The first-order chi connectivity index (χ1) is 9.20. The van der Waals surface area contributed by atoms with Crippen molar-refractivity contribution in [3.63, 3.8) is 0 Å². The molecule has 2 rings (SSSR count). The Morgan fingerprint density at radius 1 is 1.26 bits per heavy atom. The first-order valence-electron chi connectivity index (χ1n) is 5.73. The number of ether oxygens (including phenoxy) is 2. The van der Waals surface area contributed by atoms with Gasteiger partial charge in [0, 0.05) is 6.20 Å². The van der Waals surface area contributed by atoms with E-state index >= 15 is 0 Å². The van der Waals surface area contributed by atoms with Crippen molar-refractivity contribution in [1.82, 2.24) is 9.97 Å². The van der Waals surface area contributed by atoms with E-state index in [1.807, 2.05) is 25.1 Å².